The van der Waals surface area contributed by atoms with Crippen molar-refractivity contribution < 1.29 is 9.84 Å². The molecule has 5 nitrogen and oxygen atoms in total. The summed E-state index contributed by atoms with van der Waals surface area (Å²) in [6, 6.07) is 0. The number of hydrogen-bond acceptors (Lipinski definition) is 5. The van der Waals surface area contributed by atoms with Gasteiger partial charge in [-0.15, -0.1) is 0 Å². The molecule has 186 valence electrons. The van der Waals surface area contributed by atoms with Gasteiger partial charge in [0.15, 0.2) is 0 Å². The molecule has 4 fully saturated rings. The zero-order chi connectivity index (χ0) is 23.3. The van der Waals surface area contributed by atoms with E-state index in [0.29, 0.717) is 11.3 Å². The fourth-order valence-electron chi connectivity index (χ4n) is 8.99. The highest BCUT2D eigenvalue weighted by molar-refractivity contribution is 5.07. The molecule has 0 aliphatic heterocycles. The zero-order valence-electron chi connectivity index (χ0n) is 21.2. The van der Waals surface area contributed by atoms with Crippen molar-refractivity contribution in [3.63, 3.8) is 0 Å². The molecule has 0 aromatic carbocycles. The number of fused-ring (bicyclic) bond motifs is 5. The molecule has 32 heavy (non-hydrogen) atoms. The molecule has 4 aliphatic rings. The first-order valence-corrected chi connectivity index (χ1v) is 13.4. The van der Waals surface area contributed by atoms with Crippen LogP contribution >= 0.6 is 0 Å². The quantitative estimate of drug-likeness (QED) is 0.385. The van der Waals surface area contributed by atoms with E-state index >= 15 is 0 Å². The molecule has 0 bridgehead atoms. The number of hydrazine groups is 1. The fourth-order valence-corrected chi connectivity index (χ4v) is 8.99. The molecule has 0 aromatic rings. The van der Waals surface area contributed by atoms with Crippen molar-refractivity contribution in [2.45, 2.75) is 78.6 Å². The van der Waals surface area contributed by atoms with Crippen LogP contribution in [0, 0.1) is 52.8 Å². The third-order valence-electron chi connectivity index (χ3n) is 10.2. The van der Waals surface area contributed by atoms with Crippen LogP contribution in [0.25, 0.3) is 0 Å². The third kappa shape index (κ3) is 5.15. The Morgan fingerprint density at radius 2 is 1.81 bits per heavy atom. The lowest BCUT2D eigenvalue weighted by Gasteiger charge is -2.57. The van der Waals surface area contributed by atoms with Gasteiger partial charge in [-0.3, -0.25) is 0 Å². The topological polar surface area (TPSA) is 84.7 Å². The Balaban J connectivity index is 0.00000141. The first kappa shape index (κ1) is 25.8. The van der Waals surface area contributed by atoms with Crippen molar-refractivity contribution in [3.8, 4) is 0 Å². The van der Waals surface area contributed by atoms with Gasteiger partial charge in [0.25, 0.3) is 0 Å². The fraction of sp³-hybridized carbons (Fsp3) is 0.926. The van der Waals surface area contributed by atoms with Crippen LogP contribution in [0.5, 0.6) is 0 Å². The van der Waals surface area contributed by atoms with Gasteiger partial charge in [-0.1, -0.05) is 13.8 Å². The molecule has 9 atom stereocenters. The van der Waals surface area contributed by atoms with E-state index in [0.717, 1.165) is 68.3 Å². The molecule has 5 heteroatoms. The Kier molecular flexibility index (Phi) is 9.34. The summed E-state index contributed by atoms with van der Waals surface area (Å²) < 4.78 is 5.78. The summed E-state index contributed by atoms with van der Waals surface area (Å²) in [7, 11) is 1.00. The zero-order valence-corrected chi connectivity index (χ0v) is 21.2. The Morgan fingerprint density at radius 3 is 2.53 bits per heavy atom. The van der Waals surface area contributed by atoms with E-state index in [1.54, 1.807) is 11.2 Å². The highest BCUT2D eigenvalue weighted by Gasteiger charge is 2.57. The number of aliphatic hydroxyl groups is 1. The van der Waals surface area contributed by atoms with Crippen molar-refractivity contribution in [1.82, 2.24) is 5.01 Å². The average molecular weight is 450 g/mol. The smallest absolute Gasteiger partial charge is 0.0494 e. The predicted octanol–water partition coefficient (Wildman–Crippen LogP) is 4.76. The van der Waals surface area contributed by atoms with Gasteiger partial charge in [0.05, 0.1) is 0 Å². The minimum atomic E-state index is 0.521. The molecule has 4 saturated carbocycles. The SMILES string of the molecule is CCOCC1CCC2C(CCC3C2CCC2(C)C3CCC2[C@H](C)CN(N)/C=C\N)C1.CO. The lowest BCUT2D eigenvalue weighted by atomic mass is 9.49. The molecule has 4 rings (SSSR count). The maximum Gasteiger partial charge on any atom is 0.0494 e. The third-order valence-corrected chi connectivity index (χ3v) is 10.2. The van der Waals surface area contributed by atoms with Gasteiger partial charge in [0, 0.05) is 39.3 Å². The standard InChI is InChI=1S/C26H47N3O.CH4O/c1-4-30-17-19-5-7-21-20(15-19)6-8-23-22(21)11-12-26(3)24(9-10-25(23)26)18(2)16-29(28)14-13-27;1-2/h13-14,18-25H,4-12,15-17,27-28H2,1-3H3;2H,1H3/b14-13-;/t18-,19?,20?,21?,22?,23?,24?,25?,26?;/m1./s1. The molecular formula is C27H51N3O2. The number of hydrogen-bond donors (Lipinski definition) is 3. The molecule has 0 spiro atoms. The molecule has 0 heterocycles. The first-order chi connectivity index (χ1) is 15.5. The van der Waals surface area contributed by atoms with Crippen molar-refractivity contribution >= 4 is 0 Å². The molecular weight excluding hydrogens is 398 g/mol. The van der Waals surface area contributed by atoms with Crippen LogP contribution in [-0.2, 0) is 4.74 Å². The normalized spacial score (nSPS) is 41.8. The second-order valence-corrected chi connectivity index (χ2v) is 11.5. The van der Waals surface area contributed by atoms with E-state index in [2.05, 4.69) is 20.8 Å². The summed E-state index contributed by atoms with van der Waals surface area (Å²) in [5.41, 5.74) is 6.06. The maximum atomic E-state index is 7.00. The molecule has 0 amide bonds. The van der Waals surface area contributed by atoms with Crippen LogP contribution in [-0.4, -0.2) is 37.0 Å². The predicted molar refractivity (Wildman–Crippen MR) is 132 cm³/mol. The first-order valence-electron chi connectivity index (χ1n) is 13.4. The van der Waals surface area contributed by atoms with E-state index in [9.17, 15) is 0 Å². The van der Waals surface area contributed by atoms with Gasteiger partial charge in [-0.25, -0.2) is 5.84 Å². The van der Waals surface area contributed by atoms with Gasteiger partial charge >= 0.3 is 0 Å². The molecule has 0 radical (unpaired) electrons. The van der Waals surface area contributed by atoms with E-state index in [-0.39, 0.29) is 0 Å². The monoisotopic (exact) mass is 449 g/mol. The second kappa shape index (κ2) is 11.6. The second-order valence-electron chi connectivity index (χ2n) is 11.5. The molecule has 8 unspecified atom stereocenters. The maximum absolute atomic E-state index is 7.00. The molecule has 0 aromatic heterocycles. The van der Waals surface area contributed by atoms with Crippen LogP contribution in [0.4, 0.5) is 0 Å². The Hall–Kier alpha value is -0.780. The number of rotatable bonds is 7. The van der Waals surface area contributed by atoms with Crippen molar-refractivity contribution in [3.05, 3.63) is 12.4 Å². The highest BCUT2D eigenvalue weighted by atomic mass is 16.5. The number of nitrogens with zero attached hydrogens (tertiary/aromatic N) is 1. The summed E-state index contributed by atoms with van der Waals surface area (Å²) in [4.78, 5) is 0. The summed E-state index contributed by atoms with van der Waals surface area (Å²) in [5, 5.41) is 8.79. The van der Waals surface area contributed by atoms with E-state index < -0.39 is 0 Å². The Morgan fingerprint density at radius 1 is 1.06 bits per heavy atom. The average Bonchev–Trinajstić information content (AvgIpc) is 3.16. The highest BCUT2D eigenvalue weighted by Crippen LogP contribution is 2.65. The number of nitrogens with two attached hydrogens (primary N) is 2. The summed E-state index contributed by atoms with van der Waals surface area (Å²) >= 11 is 0. The minimum Gasteiger partial charge on any atom is -0.403 e. The van der Waals surface area contributed by atoms with Gasteiger partial charge in [-0.05, 0) is 117 Å². The van der Waals surface area contributed by atoms with Gasteiger partial charge < -0.3 is 20.6 Å². The molecule has 5 N–H and O–H groups in total. The van der Waals surface area contributed by atoms with Crippen LogP contribution < -0.4 is 11.6 Å². The van der Waals surface area contributed by atoms with Crippen molar-refractivity contribution in [1.29, 1.82) is 0 Å². The summed E-state index contributed by atoms with van der Waals surface area (Å²) in [6.45, 7) is 10.00. The summed E-state index contributed by atoms with van der Waals surface area (Å²) in [5.74, 6) is 13.3. The summed E-state index contributed by atoms with van der Waals surface area (Å²) in [6.07, 6.45) is 16.4. The number of ether oxygens (including phenoxy) is 1. The minimum absolute atomic E-state index is 0.521. The number of aliphatic hydroxyl groups excluding tert-OH is 1. The molecule has 0 saturated heterocycles. The van der Waals surface area contributed by atoms with Crippen molar-refractivity contribution in [2.75, 3.05) is 26.9 Å². The van der Waals surface area contributed by atoms with Gasteiger partial charge in [0.2, 0.25) is 0 Å². The van der Waals surface area contributed by atoms with Crippen molar-refractivity contribution in [2.24, 2.45) is 64.3 Å². The van der Waals surface area contributed by atoms with Gasteiger partial charge in [0.1, 0.15) is 0 Å². The van der Waals surface area contributed by atoms with Crippen LogP contribution in [0.2, 0.25) is 0 Å². The Bertz CT molecular complexity index is 599. The van der Waals surface area contributed by atoms with Gasteiger partial charge in [-0.2, -0.15) is 0 Å². The Labute approximate surface area is 197 Å². The lowest BCUT2D eigenvalue weighted by molar-refractivity contribution is -0.0786. The van der Waals surface area contributed by atoms with E-state index in [1.165, 1.54) is 57.8 Å². The van der Waals surface area contributed by atoms with Crippen LogP contribution in [0.15, 0.2) is 12.4 Å². The van der Waals surface area contributed by atoms with E-state index in [4.69, 9.17) is 21.4 Å². The lowest BCUT2D eigenvalue weighted by Crippen LogP contribution is -2.50. The largest absolute Gasteiger partial charge is 0.403 e. The molecule has 4 aliphatic carbocycles. The van der Waals surface area contributed by atoms with Crippen LogP contribution in [0.3, 0.4) is 0 Å². The van der Waals surface area contributed by atoms with E-state index in [1.807, 2.05) is 6.20 Å². The van der Waals surface area contributed by atoms with Crippen LogP contribution in [0.1, 0.15) is 78.6 Å².